The number of anilines is 1. The third-order valence-corrected chi connectivity index (χ3v) is 2.94. The van der Waals surface area contributed by atoms with E-state index in [2.05, 4.69) is 4.98 Å². The summed E-state index contributed by atoms with van der Waals surface area (Å²) in [5.41, 5.74) is 6.37. The molecule has 0 aliphatic rings. The van der Waals surface area contributed by atoms with Gasteiger partial charge >= 0.3 is 0 Å². The van der Waals surface area contributed by atoms with E-state index in [1.807, 2.05) is 42.7 Å². The second-order valence-electron chi connectivity index (χ2n) is 3.22. The number of para-hydroxylation sites is 1. The Balaban J connectivity index is 2.49. The monoisotopic (exact) mass is 232 g/mol. The van der Waals surface area contributed by atoms with Crippen molar-refractivity contribution < 1.29 is 0 Å². The van der Waals surface area contributed by atoms with E-state index in [1.165, 1.54) is 11.9 Å². The van der Waals surface area contributed by atoms with Crippen molar-refractivity contribution in [3.8, 4) is 0 Å². The van der Waals surface area contributed by atoms with Gasteiger partial charge < -0.3 is 5.73 Å². The molecule has 3 N–H and O–H groups in total. The Labute approximate surface area is 98.1 Å². The standard InChI is InChI=1S/C11H12N4S/c1-16-15(11(12)13)10-7-6-8-4-2-3-5-9(8)14-10/h2-7H,1H3,(H3,12,13). The van der Waals surface area contributed by atoms with Crippen LogP contribution in [0.4, 0.5) is 5.82 Å². The van der Waals surface area contributed by atoms with Crippen LogP contribution >= 0.6 is 11.9 Å². The number of fused-ring (bicyclic) bond motifs is 1. The fraction of sp³-hybridized carbons (Fsp3) is 0.0909. The summed E-state index contributed by atoms with van der Waals surface area (Å²) in [4.78, 5) is 4.45. The first kappa shape index (κ1) is 10.8. The van der Waals surface area contributed by atoms with Crippen molar-refractivity contribution in [1.29, 1.82) is 5.41 Å². The zero-order valence-corrected chi connectivity index (χ0v) is 9.66. The van der Waals surface area contributed by atoms with Gasteiger partial charge in [0.2, 0.25) is 5.96 Å². The van der Waals surface area contributed by atoms with E-state index in [-0.39, 0.29) is 5.96 Å². The highest BCUT2D eigenvalue weighted by Gasteiger charge is 2.09. The van der Waals surface area contributed by atoms with Crippen LogP contribution in [-0.2, 0) is 0 Å². The van der Waals surface area contributed by atoms with Gasteiger partial charge in [0.15, 0.2) is 0 Å². The molecular weight excluding hydrogens is 220 g/mol. The third kappa shape index (κ3) is 1.94. The molecule has 0 saturated heterocycles. The molecule has 0 fully saturated rings. The van der Waals surface area contributed by atoms with E-state index < -0.39 is 0 Å². The lowest BCUT2D eigenvalue weighted by atomic mass is 10.2. The molecule has 0 bridgehead atoms. The lowest BCUT2D eigenvalue weighted by Crippen LogP contribution is -2.30. The number of benzene rings is 1. The van der Waals surface area contributed by atoms with Crippen molar-refractivity contribution in [2.24, 2.45) is 5.73 Å². The zero-order chi connectivity index (χ0) is 11.5. The van der Waals surface area contributed by atoms with Gasteiger partial charge in [-0.3, -0.25) is 5.41 Å². The summed E-state index contributed by atoms with van der Waals surface area (Å²) < 4.78 is 1.58. The number of nitrogens with zero attached hydrogens (tertiary/aromatic N) is 2. The van der Waals surface area contributed by atoms with Gasteiger partial charge in [-0.25, -0.2) is 9.29 Å². The van der Waals surface area contributed by atoms with Crippen molar-refractivity contribution in [2.45, 2.75) is 0 Å². The Kier molecular flexibility index (Phi) is 2.96. The first-order valence-electron chi connectivity index (χ1n) is 4.76. The summed E-state index contributed by atoms with van der Waals surface area (Å²) in [7, 11) is 0. The molecule has 1 aromatic carbocycles. The predicted octanol–water partition coefficient (Wildman–Crippen LogP) is 2.21. The predicted molar refractivity (Wildman–Crippen MR) is 69.7 cm³/mol. The van der Waals surface area contributed by atoms with Gasteiger partial charge in [0.1, 0.15) is 5.82 Å². The number of rotatable bonds is 2. The van der Waals surface area contributed by atoms with Crippen molar-refractivity contribution >= 4 is 34.6 Å². The van der Waals surface area contributed by atoms with Crippen LogP contribution in [0.25, 0.3) is 10.9 Å². The van der Waals surface area contributed by atoms with Crippen molar-refractivity contribution in [3.05, 3.63) is 36.4 Å². The van der Waals surface area contributed by atoms with E-state index in [9.17, 15) is 0 Å². The van der Waals surface area contributed by atoms with Crippen molar-refractivity contribution in [2.75, 3.05) is 10.6 Å². The van der Waals surface area contributed by atoms with Gasteiger partial charge in [0.25, 0.3) is 0 Å². The summed E-state index contributed by atoms with van der Waals surface area (Å²) in [6, 6.07) is 11.7. The summed E-state index contributed by atoms with van der Waals surface area (Å²) >= 11 is 1.36. The molecule has 0 spiro atoms. The SMILES string of the molecule is CSN(C(=N)N)c1ccc2ccccc2n1. The van der Waals surface area contributed by atoms with Crippen LogP contribution in [0.15, 0.2) is 36.4 Å². The molecule has 0 aliphatic heterocycles. The number of pyridine rings is 1. The smallest absolute Gasteiger partial charge is 0.204 e. The van der Waals surface area contributed by atoms with E-state index in [0.29, 0.717) is 5.82 Å². The first-order valence-corrected chi connectivity index (χ1v) is 5.94. The normalized spacial score (nSPS) is 10.3. The fourth-order valence-electron chi connectivity index (χ4n) is 1.48. The number of aromatic nitrogens is 1. The fourth-order valence-corrected chi connectivity index (χ4v) is 1.97. The minimum Gasteiger partial charge on any atom is -0.369 e. The highest BCUT2D eigenvalue weighted by Crippen LogP contribution is 2.21. The van der Waals surface area contributed by atoms with Crippen LogP contribution in [0.2, 0.25) is 0 Å². The average molecular weight is 232 g/mol. The highest BCUT2D eigenvalue weighted by molar-refractivity contribution is 8.00. The minimum atomic E-state index is -0.0183. The molecular formula is C11H12N4S. The van der Waals surface area contributed by atoms with Crippen LogP contribution < -0.4 is 10.0 Å². The molecule has 2 rings (SSSR count). The number of hydrogen-bond donors (Lipinski definition) is 2. The average Bonchev–Trinajstić information content (AvgIpc) is 2.29. The molecule has 0 radical (unpaired) electrons. The Morgan fingerprint density at radius 3 is 2.75 bits per heavy atom. The van der Waals surface area contributed by atoms with Gasteiger partial charge in [-0.05, 0) is 30.1 Å². The van der Waals surface area contributed by atoms with Crippen LogP contribution in [0.5, 0.6) is 0 Å². The number of guanidine groups is 1. The highest BCUT2D eigenvalue weighted by atomic mass is 32.2. The molecule has 0 atom stereocenters. The lowest BCUT2D eigenvalue weighted by molar-refractivity contribution is 1.28. The first-order chi connectivity index (χ1) is 7.72. The van der Waals surface area contributed by atoms with E-state index in [0.717, 1.165) is 10.9 Å². The van der Waals surface area contributed by atoms with E-state index in [4.69, 9.17) is 11.1 Å². The summed E-state index contributed by atoms with van der Waals surface area (Å²) in [5.74, 6) is 0.661. The van der Waals surface area contributed by atoms with E-state index in [1.54, 1.807) is 4.31 Å². The summed E-state index contributed by atoms with van der Waals surface area (Å²) in [6.45, 7) is 0. The van der Waals surface area contributed by atoms with Crippen LogP contribution in [0, 0.1) is 5.41 Å². The Hall–Kier alpha value is -1.75. The Morgan fingerprint density at radius 2 is 2.06 bits per heavy atom. The molecule has 1 aromatic heterocycles. The second-order valence-corrected chi connectivity index (χ2v) is 3.95. The molecule has 82 valence electrons. The van der Waals surface area contributed by atoms with Crippen molar-refractivity contribution in [3.63, 3.8) is 0 Å². The lowest BCUT2D eigenvalue weighted by Gasteiger charge is -2.17. The summed E-state index contributed by atoms with van der Waals surface area (Å²) in [5, 5.41) is 8.52. The van der Waals surface area contributed by atoms with Gasteiger partial charge in [-0.15, -0.1) is 0 Å². The Bertz CT molecular complexity index is 526. The molecule has 2 aromatic rings. The summed E-state index contributed by atoms with van der Waals surface area (Å²) in [6.07, 6.45) is 1.86. The van der Waals surface area contributed by atoms with E-state index >= 15 is 0 Å². The van der Waals surface area contributed by atoms with Crippen LogP contribution in [-0.4, -0.2) is 17.2 Å². The van der Waals surface area contributed by atoms with Crippen LogP contribution in [0.3, 0.4) is 0 Å². The number of hydrogen-bond acceptors (Lipinski definition) is 3. The molecule has 1 heterocycles. The second kappa shape index (κ2) is 4.40. The number of nitrogens with two attached hydrogens (primary N) is 1. The Morgan fingerprint density at radius 1 is 1.31 bits per heavy atom. The quantitative estimate of drug-likeness (QED) is 0.473. The maximum Gasteiger partial charge on any atom is 0.204 e. The number of nitrogens with one attached hydrogen (secondary N) is 1. The van der Waals surface area contributed by atoms with Gasteiger partial charge in [0, 0.05) is 11.6 Å². The van der Waals surface area contributed by atoms with Gasteiger partial charge in [-0.2, -0.15) is 0 Å². The molecule has 0 saturated carbocycles. The van der Waals surface area contributed by atoms with Crippen LogP contribution in [0.1, 0.15) is 0 Å². The molecule has 0 aliphatic carbocycles. The minimum absolute atomic E-state index is 0.0183. The zero-order valence-electron chi connectivity index (χ0n) is 8.84. The molecule has 5 heteroatoms. The maximum absolute atomic E-state index is 7.44. The van der Waals surface area contributed by atoms with Crippen molar-refractivity contribution in [1.82, 2.24) is 4.98 Å². The third-order valence-electron chi connectivity index (χ3n) is 2.19. The van der Waals surface area contributed by atoms with Gasteiger partial charge in [0.05, 0.1) is 5.52 Å². The molecule has 16 heavy (non-hydrogen) atoms. The molecule has 0 unspecified atom stereocenters. The van der Waals surface area contributed by atoms with Gasteiger partial charge in [-0.1, -0.05) is 18.2 Å². The maximum atomic E-state index is 7.44. The molecule has 4 nitrogen and oxygen atoms in total. The largest absolute Gasteiger partial charge is 0.369 e. The topological polar surface area (TPSA) is 66.0 Å². The molecule has 0 amide bonds.